The van der Waals surface area contributed by atoms with Crippen molar-refractivity contribution < 1.29 is 9.84 Å². The normalized spacial score (nSPS) is 12.2. The zero-order valence-electron chi connectivity index (χ0n) is 11.9. The predicted molar refractivity (Wildman–Crippen MR) is 84.5 cm³/mol. The highest BCUT2D eigenvalue weighted by atomic mass is 32.2. The molecular weight excluding hydrogens is 268 g/mol. The van der Waals surface area contributed by atoms with Crippen molar-refractivity contribution in [1.82, 2.24) is 0 Å². The van der Waals surface area contributed by atoms with Crippen molar-refractivity contribution in [2.75, 3.05) is 12.4 Å². The standard InChI is InChI=1S/C17H20O2S/c1-13-8-9-16(14(2)18)17(12-13)19-10-11-20-15-6-4-3-5-7-15/h3-9,12,14,18H,10-11H2,1-2H3/t14-/m1/s1. The summed E-state index contributed by atoms with van der Waals surface area (Å²) in [4.78, 5) is 1.25. The van der Waals surface area contributed by atoms with Gasteiger partial charge in [0.1, 0.15) is 5.75 Å². The zero-order valence-corrected chi connectivity index (χ0v) is 12.7. The zero-order chi connectivity index (χ0) is 14.4. The molecule has 0 unspecified atom stereocenters. The van der Waals surface area contributed by atoms with Gasteiger partial charge in [0.05, 0.1) is 12.7 Å². The minimum absolute atomic E-state index is 0.507. The number of hydrogen-bond donors (Lipinski definition) is 1. The van der Waals surface area contributed by atoms with Crippen molar-refractivity contribution in [3.8, 4) is 5.75 Å². The number of aliphatic hydroxyl groups excluding tert-OH is 1. The molecule has 1 N–H and O–H groups in total. The fourth-order valence-corrected chi connectivity index (χ4v) is 2.69. The second-order valence-electron chi connectivity index (χ2n) is 4.73. The monoisotopic (exact) mass is 288 g/mol. The molecule has 0 saturated carbocycles. The lowest BCUT2D eigenvalue weighted by molar-refractivity contribution is 0.192. The lowest BCUT2D eigenvalue weighted by Gasteiger charge is -2.14. The van der Waals surface area contributed by atoms with Gasteiger partial charge < -0.3 is 9.84 Å². The summed E-state index contributed by atoms with van der Waals surface area (Å²) in [5, 5.41) is 9.74. The maximum Gasteiger partial charge on any atom is 0.125 e. The molecule has 0 aliphatic carbocycles. The van der Waals surface area contributed by atoms with E-state index in [4.69, 9.17) is 4.74 Å². The van der Waals surface area contributed by atoms with Gasteiger partial charge in [0.25, 0.3) is 0 Å². The van der Waals surface area contributed by atoms with E-state index < -0.39 is 6.10 Å². The van der Waals surface area contributed by atoms with E-state index >= 15 is 0 Å². The van der Waals surface area contributed by atoms with Crippen molar-refractivity contribution in [2.45, 2.75) is 24.8 Å². The molecular formula is C17H20O2S. The van der Waals surface area contributed by atoms with Crippen LogP contribution in [0.5, 0.6) is 5.75 Å². The highest BCUT2D eigenvalue weighted by molar-refractivity contribution is 7.99. The summed E-state index contributed by atoms with van der Waals surface area (Å²) in [5.74, 6) is 1.67. The van der Waals surface area contributed by atoms with Crippen LogP contribution in [0.25, 0.3) is 0 Å². The van der Waals surface area contributed by atoms with E-state index in [2.05, 4.69) is 12.1 Å². The maximum absolute atomic E-state index is 9.74. The molecule has 0 heterocycles. The molecule has 1 atom stereocenters. The Morgan fingerprint density at radius 3 is 2.60 bits per heavy atom. The Balaban J connectivity index is 1.89. The van der Waals surface area contributed by atoms with Gasteiger partial charge in [0, 0.05) is 16.2 Å². The van der Waals surface area contributed by atoms with Crippen LogP contribution in [0.3, 0.4) is 0 Å². The smallest absolute Gasteiger partial charge is 0.125 e. The molecule has 2 aromatic rings. The lowest BCUT2D eigenvalue weighted by Crippen LogP contribution is -2.04. The van der Waals surface area contributed by atoms with E-state index in [0.29, 0.717) is 6.61 Å². The number of thioether (sulfide) groups is 1. The van der Waals surface area contributed by atoms with Gasteiger partial charge in [0.15, 0.2) is 0 Å². The van der Waals surface area contributed by atoms with Crippen LogP contribution in [0.15, 0.2) is 53.4 Å². The third-order valence-electron chi connectivity index (χ3n) is 2.97. The molecule has 20 heavy (non-hydrogen) atoms. The van der Waals surface area contributed by atoms with E-state index in [1.165, 1.54) is 4.90 Å². The van der Waals surface area contributed by atoms with Gasteiger partial charge in [-0.3, -0.25) is 0 Å². The molecule has 0 amide bonds. The van der Waals surface area contributed by atoms with Crippen LogP contribution in [0.1, 0.15) is 24.2 Å². The van der Waals surface area contributed by atoms with Crippen LogP contribution in [0.4, 0.5) is 0 Å². The second-order valence-corrected chi connectivity index (χ2v) is 5.90. The van der Waals surface area contributed by atoms with Gasteiger partial charge in [-0.05, 0) is 37.6 Å². The molecule has 0 fully saturated rings. The Labute approximate surface area is 124 Å². The van der Waals surface area contributed by atoms with Crippen molar-refractivity contribution in [1.29, 1.82) is 0 Å². The van der Waals surface area contributed by atoms with Crippen molar-refractivity contribution in [2.24, 2.45) is 0 Å². The highest BCUT2D eigenvalue weighted by Crippen LogP contribution is 2.26. The van der Waals surface area contributed by atoms with Crippen LogP contribution in [-0.4, -0.2) is 17.5 Å². The van der Waals surface area contributed by atoms with Crippen LogP contribution < -0.4 is 4.74 Å². The van der Waals surface area contributed by atoms with E-state index in [1.807, 2.05) is 43.3 Å². The average molecular weight is 288 g/mol. The first-order valence-corrected chi connectivity index (χ1v) is 7.74. The number of benzene rings is 2. The molecule has 3 heteroatoms. The van der Waals surface area contributed by atoms with Crippen molar-refractivity contribution in [3.05, 3.63) is 59.7 Å². The van der Waals surface area contributed by atoms with Crippen LogP contribution >= 0.6 is 11.8 Å². The topological polar surface area (TPSA) is 29.5 Å². The summed E-state index contributed by atoms with van der Waals surface area (Å²) < 4.78 is 5.82. The highest BCUT2D eigenvalue weighted by Gasteiger charge is 2.09. The Morgan fingerprint density at radius 2 is 1.90 bits per heavy atom. The Kier molecular flexibility index (Phi) is 5.50. The summed E-state index contributed by atoms with van der Waals surface area (Å²) in [7, 11) is 0. The summed E-state index contributed by atoms with van der Waals surface area (Å²) in [6.07, 6.45) is -0.507. The maximum atomic E-state index is 9.74. The Morgan fingerprint density at radius 1 is 1.15 bits per heavy atom. The third kappa shape index (κ3) is 4.29. The first-order valence-electron chi connectivity index (χ1n) is 6.76. The van der Waals surface area contributed by atoms with Crippen LogP contribution in [-0.2, 0) is 0 Å². The quantitative estimate of drug-likeness (QED) is 0.637. The predicted octanol–water partition coefficient (Wildman–Crippen LogP) is 4.22. The summed E-state index contributed by atoms with van der Waals surface area (Å²) in [6.45, 7) is 4.41. The molecule has 0 aliphatic heterocycles. The lowest BCUT2D eigenvalue weighted by atomic mass is 10.1. The fraction of sp³-hybridized carbons (Fsp3) is 0.294. The largest absolute Gasteiger partial charge is 0.492 e. The summed E-state index contributed by atoms with van der Waals surface area (Å²) >= 11 is 1.77. The van der Waals surface area contributed by atoms with Gasteiger partial charge in [-0.15, -0.1) is 11.8 Å². The minimum atomic E-state index is -0.507. The number of hydrogen-bond acceptors (Lipinski definition) is 3. The van der Waals surface area contributed by atoms with Crippen LogP contribution in [0.2, 0.25) is 0 Å². The van der Waals surface area contributed by atoms with E-state index in [9.17, 15) is 5.11 Å². The molecule has 106 valence electrons. The minimum Gasteiger partial charge on any atom is -0.492 e. The number of aliphatic hydroxyl groups is 1. The molecule has 2 rings (SSSR count). The number of rotatable bonds is 6. The first kappa shape index (κ1) is 14.9. The Hall–Kier alpha value is -1.45. The second kappa shape index (κ2) is 7.36. The van der Waals surface area contributed by atoms with Gasteiger partial charge >= 0.3 is 0 Å². The molecule has 0 radical (unpaired) electrons. The fourth-order valence-electron chi connectivity index (χ4n) is 1.94. The summed E-state index contributed by atoms with van der Waals surface area (Å²) in [6, 6.07) is 16.2. The average Bonchev–Trinajstić information content (AvgIpc) is 2.44. The number of ether oxygens (including phenoxy) is 1. The molecule has 0 bridgehead atoms. The molecule has 0 aliphatic rings. The molecule has 2 nitrogen and oxygen atoms in total. The Bertz CT molecular complexity index is 538. The van der Waals surface area contributed by atoms with Gasteiger partial charge in [-0.25, -0.2) is 0 Å². The van der Waals surface area contributed by atoms with Crippen molar-refractivity contribution in [3.63, 3.8) is 0 Å². The first-order chi connectivity index (χ1) is 9.66. The SMILES string of the molecule is Cc1ccc([C@@H](C)O)c(OCCSc2ccccc2)c1. The molecule has 0 aromatic heterocycles. The molecule has 2 aromatic carbocycles. The summed E-state index contributed by atoms with van der Waals surface area (Å²) in [5.41, 5.74) is 1.99. The van der Waals surface area contributed by atoms with E-state index in [1.54, 1.807) is 18.7 Å². The van der Waals surface area contributed by atoms with E-state index in [0.717, 1.165) is 22.6 Å². The van der Waals surface area contributed by atoms with Gasteiger partial charge in [-0.2, -0.15) is 0 Å². The van der Waals surface area contributed by atoms with E-state index in [-0.39, 0.29) is 0 Å². The van der Waals surface area contributed by atoms with Gasteiger partial charge in [-0.1, -0.05) is 30.3 Å². The van der Waals surface area contributed by atoms with Crippen molar-refractivity contribution >= 4 is 11.8 Å². The van der Waals surface area contributed by atoms with Gasteiger partial charge in [0.2, 0.25) is 0 Å². The third-order valence-corrected chi connectivity index (χ3v) is 3.95. The molecule has 0 saturated heterocycles. The van der Waals surface area contributed by atoms with Crippen LogP contribution in [0, 0.1) is 6.92 Å². The molecule has 0 spiro atoms. The number of aryl methyl sites for hydroxylation is 1.